The Morgan fingerprint density at radius 2 is 1.74 bits per heavy atom. The predicted octanol–water partition coefficient (Wildman–Crippen LogP) is -0.414. The van der Waals surface area contributed by atoms with Gasteiger partial charge >= 0.3 is 11.9 Å². The Bertz CT molecular complexity index is 687. The number of nitrogens with two attached hydrogens (primary N) is 1. The molecule has 0 saturated carbocycles. The molecule has 1 aromatic carbocycles. The first-order chi connectivity index (χ1) is 13.9. The van der Waals surface area contributed by atoms with Gasteiger partial charge in [-0.3, -0.25) is 14.9 Å². The number of hydrogen-bond acceptors (Lipinski definition) is 5. The van der Waals surface area contributed by atoms with E-state index in [1.165, 1.54) is 4.90 Å². The van der Waals surface area contributed by atoms with Crippen LogP contribution < -0.4 is 11.1 Å². The van der Waals surface area contributed by atoms with E-state index in [4.69, 9.17) is 5.73 Å². The van der Waals surface area contributed by atoms with Crippen LogP contribution in [-0.4, -0.2) is 75.1 Å². The van der Waals surface area contributed by atoms with Gasteiger partial charge in [-0.1, -0.05) is 36.8 Å². The van der Waals surface area contributed by atoms with Crippen LogP contribution in [0.1, 0.15) is 44.1 Å². The Labute approximate surface area is 182 Å². The summed E-state index contributed by atoms with van der Waals surface area (Å²) in [5.74, 6) is -2.37. The Morgan fingerprint density at radius 1 is 1.06 bits per heavy atom. The van der Waals surface area contributed by atoms with E-state index < -0.39 is 30.1 Å². The number of aliphatic carboxylic acids is 2. The van der Waals surface area contributed by atoms with Gasteiger partial charge in [0.1, 0.15) is 12.1 Å². The molecule has 0 aromatic heterocycles. The van der Waals surface area contributed by atoms with Crippen molar-refractivity contribution in [3.63, 3.8) is 0 Å². The molecule has 1 aliphatic rings. The molecule has 0 aliphatic carbocycles. The number of carboxylic acids is 2. The van der Waals surface area contributed by atoms with Crippen LogP contribution in [0.4, 0.5) is 0 Å². The normalized spacial score (nSPS) is 17.2. The van der Waals surface area contributed by atoms with E-state index in [1.54, 1.807) is 0 Å². The van der Waals surface area contributed by atoms with Crippen molar-refractivity contribution in [2.45, 2.75) is 63.1 Å². The first kappa shape index (κ1) is 28.5. The molecule has 1 saturated heterocycles. The number of carboxylic acid groups (broad SMARTS) is 2. The SMILES string of the molecule is NCCCC[C@H](NC(CCc1ccccc1)C(=O)O)C(=O)N1CCC[C@H]1C(=O)O.O.O. The molecule has 0 bridgehead atoms. The second kappa shape index (κ2) is 14.5. The first-order valence-electron chi connectivity index (χ1n) is 10.2. The van der Waals surface area contributed by atoms with Crippen molar-refractivity contribution in [1.29, 1.82) is 0 Å². The van der Waals surface area contributed by atoms with Gasteiger partial charge in [0, 0.05) is 6.54 Å². The largest absolute Gasteiger partial charge is 0.480 e. The van der Waals surface area contributed by atoms with Gasteiger partial charge in [-0.15, -0.1) is 0 Å². The molecule has 1 aromatic rings. The fraction of sp³-hybridized carbons (Fsp3) is 0.571. The van der Waals surface area contributed by atoms with Crippen LogP contribution in [0.25, 0.3) is 0 Å². The van der Waals surface area contributed by atoms with Crippen LogP contribution in [-0.2, 0) is 20.8 Å². The summed E-state index contributed by atoms with van der Waals surface area (Å²) >= 11 is 0. The molecule has 3 atom stereocenters. The quantitative estimate of drug-likeness (QED) is 0.316. The number of benzene rings is 1. The standard InChI is InChI=1S/C21H31N3O5.2H2O/c22-13-5-4-9-16(19(25)24-14-6-10-18(24)21(28)29)23-17(20(26)27)12-11-15-7-2-1-3-8-15;;/h1-3,7-8,16-18,23H,4-6,9-14,22H2,(H,26,27)(H,28,29);2*1H2/t16-,17?,18-;;/m0../s1. The molecule has 2 rings (SSSR count). The zero-order valence-corrected chi connectivity index (χ0v) is 17.6. The maximum atomic E-state index is 13.1. The number of nitrogens with one attached hydrogen (secondary N) is 1. The van der Waals surface area contributed by atoms with E-state index in [2.05, 4.69) is 5.32 Å². The molecule has 9 N–H and O–H groups in total. The summed E-state index contributed by atoms with van der Waals surface area (Å²) < 4.78 is 0. The molecule has 1 aliphatic heterocycles. The molecule has 31 heavy (non-hydrogen) atoms. The van der Waals surface area contributed by atoms with Gasteiger partial charge in [0.05, 0.1) is 6.04 Å². The summed E-state index contributed by atoms with van der Waals surface area (Å²) in [6.07, 6.45) is 3.76. The Morgan fingerprint density at radius 3 is 2.32 bits per heavy atom. The van der Waals surface area contributed by atoms with Crippen LogP contribution in [0.15, 0.2) is 30.3 Å². The van der Waals surface area contributed by atoms with Gasteiger partial charge in [0.25, 0.3) is 0 Å². The molecule has 1 amide bonds. The topological polar surface area (TPSA) is 196 Å². The summed E-state index contributed by atoms with van der Waals surface area (Å²) in [4.78, 5) is 37.7. The van der Waals surface area contributed by atoms with E-state index in [0.29, 0.717) is 51.6 Å². The summed E-state index contributed by atoms with van der Waals surface area (Å²) in [5, 5.41) is 22.0. The van der Waals surface area contributed by atoms with Crippen molar-refractivity contribution in [2.75, 3.05) is 13.1 Å². The number of hydrogen-bond donors (Lipinski definition) is 4. The summed E-state index contributed by atoms with van der Waals surface area (Å²) in [6, 6.07) is 7.10. The number of unbranched alkanes of at least 4 members (excludes halogenated alkanes) is 1. The number of carbonyl (C=O) groups excluding carboxylic acids is 1. The third-order valence-corrected chi connectivity index (χ3v) is 5.33. The highest BCUT2D eigenvalue weighted by atomic mass is 16.4. The van der Waals surface area contributed by atoms with Crippen LogP contribution in [0.5, 0.6) is 0 Å². The highest BCUT2D eigenvalue weighted by Gasteiger charge is 2.38. The monoisotopic (exact) mass is 441 g/mol. The lowest BCUT2D eigenvalue weighted by molar-refractivity contribution is -0.149. The molecule has 176 valence electrons. The fourth-order valence-electron chi connectivity index (χ4n) is 3.73. The average molecular weight is 442 g/mol. The molecule has 1 unspecified atom stereocenters. The Balaban J connectivity index is 0.00000450. The van der Waals surface area contributed by atoms with Crippen molar-refractivity contribution in [1.82, 2.24) is 10.2 Å². The van der Waals surface area contributed by atoms with Crippen LogP contribution in [0, 0.1) is 0 Å². The fourth-order valence-corrected chi connectivity index (χ4v) is 3.73. The van der Waals surface area contributed by atoms with Gasteiger partial charge in [0.15, 0.2) is 0 Å². The molecule has 0 radical (unpaired) electrons. The summed E-state index contributed by atoms with van der Waals surface area (Å²) in [5.41, 5.74) is 6.57. The van der Waals surface area contributed by atoms with Crippen molar-refractivity contribution in [3.8, 4) is 0 Å². The molecule has 1 heterocycles. The second-order valence-electron chi connectivity index (χ2n) is 7.45. The number of amides is 1. The zero-order chi connectivity index (χ0) is 21.2. The van der Waals surface area contributed by atoms with E-state index in [-0.39, 0.29) is 16.9 Å². The molecule has 10 heteroatoms. The van der Waals surface area contributed by atoms with Crippen LogP contribution in [0.3, 0.4) is 0 Å². The number of likely N-dealkylation sites (tertiary alicyclic amines) is 1. The summed E-state index contributed by atoms with van der Waals surface area (Å²) in [6.45, 7) is 0.866. The minimum absolute atomic E-state index is 0. The lowest BCUT2D eigenvalue weighted by atomic mass is 10.0. The van der Waals surface area contributed by atoms with Crippen molar-refractivity contribution in [3.05, 3.63) is 35.9 Å². The second-order valence-corrected chi connectivity index (χ2v) is 7.45. The molecular weight excluding hydrogens is 406 g/mol. The zero-order valence-electron chi connectivity index (χ0n) is 17.6. The molecule has 0 spiro atoms. The Kier molecular flexibility index (Phi) is 13.3. The van der Waals surface area contributed by atoms with Crippen LogP contribution >= 0.6 is 0 Å². The first-order valence-corrected chi connectivity index (χ1v) is 10.2. The number of carbonyl (C=O) groups is 3. The van der Waals surface area contributed by atoms with E-state index in [0.717, 1.165) is 12.0 Å². The van der Waals surface area contributed by atoms with E-state index in [1.807, 2.05) is 30.3 Å². The van der Waals surface area contributed by atoms with Gasteiger partial charge in [-0.25, -0.2) is 4.79 Å². The smallest absolute Gasteiger partial charge is 0.326 e. The van der Waals surface area contributed by atoms with Crippen molar-refractivity contribution < 1.29 is 35.5 Å². The maximum Gasteiger partial charge on any atom is 0.326 e. The van der Waals surface area contributed by atoms with Crippen molar-refractivity contribution in [2.24, 2.45) is 5.73 Å². The lowest BCUT2D eigenvalue weighted by Gasteiger charge is -2.29. The number of nitrogens with zero attached hydrogens (tertiary/aromatic N) is 1. The average Bonchev–Trinajstić information content (AvgIpc) is 3.20. The maximum absolute atomic E-state index is 13.1. The van der Waals surface area contributed by atoms with Crippen molar-refractivity contribution >= 4 is 17.8 Å². The lowest BCUT2D eigenvalue weighted by Crippen LogP contribution is -2.54. The van der Waals surface area contributed by atoms with E-state index >= 15 is 0 Å². The summed E-state index contributed by atoms with van der Waals surface area (Å²) in [7, 11) is 0. The van der Waals surface area contributed by atoms with Crippen LogP contribution in [0.2, 0.25) is 0 Å². The minimum Gasteiger partial charge on any atom is -0.480 e. The Hall–Kier alpha value is -2.53. The number of rotatable bonds is 12. The van der Waals surface area contributed by atoms with Gasteiger partial charge in [0.2, 0.25) is 5.91 Å². The van der Waals surface area contributed by atoms with Gasteiger partial charge in [-0.05, 0) is 50.6 Å². The van der Waals surface area contributed by atoms with Gasteiger partial charge < -0.3 is 31.8 Å². The van der Waals surface area contributed by atoms with E-state index in [9.17, 15) is 24.6 Å². The molecule has 10 nitrogen and oxygen atoms in total. The molecular formula is C21H35N3O7. The minimum atomic E-state index is -1.02. The third kappa shape index (κ3) is 8.62. The van der Waals surface area contributed by atoms with Gasteiger partial charge in [-0.2, -0.15) is 0 Å². The predicted molar refractivity (Wildman–Crippen MR) is 116 cm³/mol. The highest BCUT2D eigenvalue weighted by Crippen LogP contribution is 2.20. The number of aryl methyl sites for hydroxylation is 1. The molecule has 1 fully saturated rings. The third-order valence-electron chi connectivity index (χ3n) is 5.33. The highest BCUT2D eigenvalue weighted by molar-refractivity contribution is 5.88.